The summed E-state index contributed by atoms with van der Waals surface area (Å²) in [6.07, 6.45) is 6.55. The maximum absolute atomic E-state index is 13.6. The number of nitrogens with zero attached hydrogens (tertiary/aromatic N) is 1. The number of aromatic nitrogens is 1. The van der Waals surface area contributed by atoms with Crippen LogP contribution in [0, 0.1) is 11.7 Å². The van der Waals surface area contributed by atoms with Crippen LogP contribution in [0.2, 0.25) is 0 Å². The predicted molar refractivity (Wildman–Crippen MR) is 58.0 cm³/mol. The van der Waals surface area contributed by atoms with E-state index in [2.05, 4.69) is 10.3 Å². The van der Waals surface area contributed by atoms with Crippen LogP contribution in [0.5, 0.6) is 0 Å². The average Bonchev–Trinajstić information content (AvgIpc) is 2.75. The summed E-state index contributed by atoms with van der Waals surface area (Å²) in [6, 6.07) is 3.20. The van der Waals surface area contributed by atoms with Gasteiger partial charge in [-0.3, -0.25) is 4.98 Å². The minimum atomic E-state index is -0.191. The lowest BCUT2D eigenvalue weighted by molar-refractivity contribution is 0.369. The normalized spacial score (nSPS) is 19.3. The molecule has 1 N–H and O–H groups in total. The molecule has 1 aromatic rings. The first-order valence-corrected chi connectivity index (χ1v) is 5.60. The Kier molecular flexibility index (Phi) is 3.31. The van der Waals surface area contributed by atoms with E-state index in [-0.39, 0.29) is 11.9 Å². The van der Waals surface area contributed by atoms with E-state index in [1.807, 2.05) is 7.05 Å². The number of pyridine rings is 1. The highest BCUT2D eigenvalue weighted by Crippen LogP contribution is 2.35. The van der Waals surface area contributed by atoms with Gasteiger partial charge in [-0.05, 0) is 37.9 Å². The zero-order valence-corrected chi connectivity index (χ0v) is 9.04. The molecule has 1 aromatic heterocycles. The third-order valence-electron chi connectivity index (χ3n) is 3.26. The van der Waals surface area contributed by atoms with Gasteiger partial charge in [-0.2, -0.15) is 0 Å². The van der Waals surface area contributed by atoms with Crippen LogP contribution in [0.25, 0.3) is 0 Å². The smallest absolute Gasteiger partial charge is 0.146 e. The molecule has 1 heterocycles. The number of hydrogen-bond acceptors (Lipinski definition) is 2. The monoisotopic (exact) mass is 208 g/mol. The molecule has 82 valence electrons. The van der Waals surface area contributed by atoms with Crippen LogP contribution in [0.3, 0.4) is 0 Å². The Bertz CT molecular complexity index is 321. The standard InChI is InChI=1S/C12H17FN2/c1-14-11(9-5-2-3-6-9)12-10(13)7-4-8-15-12/h4,7-9,11,14H,2-3,5-6H2,1H3. The molecule has 15 heavy (non-hydrogen) atoms. The van der Waals surface area contributed by atoms with Crippen LogP contribution in [0.1, 0.15) is 37.4 Å². The average molecular weight is 208 g/mol. The fourth-order valence-electron chi connectivity index (χ4n) is 2.51. The van der Waals surface area contributed by atoms with E-state index in [1.165, 1.54) is 31.7 Å². The van der Waals surface area contributed by atoms with E-state index >= 15 is 0 Å². The second-order valence-electron chi connectivity index (χ2n) is 4.18. The van der Waals surface area contributed by atoms with Gasteiger partial charge >= 0.3 is 0 Å². The van der Waals surface area contributed by atoms with Crippen molar-refractivity contribution in [1.82, 2.24) is 10.3 Å². The first kappa shape index (κ1) is 10.6. The first-order valence-electron chi connectivity index (χ1n) is 5.60. The van der Waals surface area contributed by atoms with Gasteiger partial charge in [0.1, 0.15) is 5.82 Å². The number of nitrogens with one attached hydrogen (secondary N) is 1. The topological polar surface area (TPSA) is 24.9 Å². The van der Waals surface area contributed by atoms with E-state index < -0.39 is 0 Å². The molecule has 1 aliphatic carbocycles. The van der Waals surface area contributed by atoms with Gasteiger partial charge in [-0.15, -0.1) is 0 Å². The van der Waals surface area contributed by atoms with Gasteiger partial charge in [0.2, 0.25) is 0 Å². The van der Waals surface area contributed by atoms with E-state index in [4.69, 9.17) is 0 Å². The summed E-state index contributed by atoms with van der Waals surface area (Å²) >= 11 is 0. The second kappa shape index (κ2) is 4.71. The molecule has 1 aliphatic rings. The fraction of sp³-hybridized carbons (Fsp3) is 0.583. The molecule has 0 amide bonds. The van der Waals surface area contributed by atoms with Crippen LogP contribution < -0.4 is 5.32 Å². The molecular weight excluding hydrogens is 191 g/mol. The molecule has 3 heteroatoms. The summed E-state index contributed by atoms with van der Waals surface area (Å²) < 4.78 is 13.6. The summed E-state index contributed by atoms with van der Waals surface area (Å²) in [4.78, 5) is 4.16. The van der Waals surface area contributed by atoms with Crippen LogP contribution in [0.4, 0.5) is 4.39 Å². The van der Waals surface area contributed by atoms with Gasteiger partial charge in [0, 0.05) is 6.20 Å². The lowest BCUT2D eigenvalue weighted by Gasteiger charge is -2.22. The Hall–Kier alpha value is -0.960. The number of halogens is 1. The second-order valence-corrected chi connectivity index (χ2v) is 4.18. The third kappa shape index (κ3) is 2.17. The Labute approximate surface area is 89.9 Å². The van der Waals surface area contributed by atoms with Crippen molar-refractivity contribution in [3.05, 3.63) is 29.8 Å². The summed E-state index contributed by atoms with van der Waals surface area (Å²) in [5.74, 6) is 0.350. The predicted octanol–water partition coefficient (Wildman–Crippen LogP) is 2.67. The minimum Gasteiger partial charge on any atom is -0.311 e. The third-order valence-corrected chi connectivity index (χ3v) is 3.26. The SMILES string of the molecule is CNC(c1ncccc1F)C1CCCC1. The van der Waals surface area contributed by atoms with Crippen molar-refractivity contribution in [3.63, 3.8) is 0 Å². The van der Waals surface area contributed by atoms with Gasteiger partial charge in [-0.1, -0.05) is 12.8 Å². The summed E-state index contributed by atoms with van der Waals surface area (Å²) in [7, 11) is 1.89. The Morgan fingerprint density at radius 2 is 2.20 bits per heavy atom. The van der Waals surface area contributed by atoms with Crippen molar-refractivity contribution in [2.75, 3.05) is 7.05 Å². The Morgan fingerprint density at radius 1 is 1.47 bits per heavy atom. The zero-order chi connectivity index (χ0) is 10.7. The van der Waals surface area contributed by atoms with Crippen molar-refractivity contribution in [2.24, 2.45) is 5.92 Å². The molecule has 0 bridgehead atoms. The first-order chi connectivity index (χ1) is 7.33. The van der Waals surface area contributed by atoms with Crippen LogP contribution >= 0.6 is 0 Å². The van der Waals surface area contributed by atoms with Gasteiger partial charge in [0.05, 0.1) is 11.7 Å². The van der Waals surface area contributed by atoms with Crippen molar-refractivity contribution < 1.29 is 4.39 Å². The summed E-state index contributed by atoms with van der Waals surface area (Å²) in [5.41, 5.74) is 0.576. The van der Waals surface area contributed by atoms with Crippen molar-refractivity contribution in [2.45, 2.75) is 31.7 Å². The molecule has 0 saturated heterocycles. The molecule has 0 aliphatic heterocycles. The van der Waals surface area contributed by atoms with Crippen LogP contribution in [-0.4, -0.2) is 12.0 Å². The summed E-state index contributed by atoms with van der Waals surface area (Å²) in [6.45, 7) is 0. The minimum absolute atomic E-state index is 0.0775. The molecule has 1 fully saturated rings. The van der Waals surface area contributed by atoms with Crippen LogP contribution in [0.15, 0.2) is 18.3 Å². The van der Waals surface area contributed by atoms with Gasteiger partial charge in [0.25, 0.3) is 0 Å². The summed E-state index contributed by atoms with van der Waals surface area (Å²) in [5, 5.41) is 3.20. The maximum atomic E-state index is 13.6. The van der Waals surface area contributed by atoms with Crippen molar-refractivity contribution in [1.29, 1.82) is 0 Å². The van der Waals surface area contributed by atoms with E-state index in [9.17, 15) is 4.39 Å². The highest BCUT2D eigenvalue weighted by molar-refractivity contribution is 5.13. The molecule has 0 radical (unpaired) electrons. The van der Waals surface area contributed by atoms with Gasteiger partial charge in [-0.25, -0.2) is 4.39 Å². The lowest BCUT2D eigenvalue weighted by Crippen LogP contribution is -2.25. The van der Waals surface area contributed by atoms with Crippen LogP contribution in [-0.2, 0) is 0 Å². The molecule has 0 spiro atoms. The Morgan fingerprint density at radius 3 is 2.80 bits per heavy atom. The maximum Gasteiger partial charge on any atom is 0.146 e. The quantitative estimate of drug-likeness (QED) is 0.826. The van der Waals surface area contributed by atoms with Gasteiger partial charge < -0.3 is 5.32 Å². The molecule has 1 unspecified atom stereocenters. The van der Waals surface area contributed by atoms with E-state index in [1.54, 1.807) is 12.3 Å². The highest BCUT2D eigenvalue weighted by Gasteiger charge is 2.27. The van der Waals surface area contributed by atoms with Crippen molar-refractivity contribution in [3.8, 4) is 0 Å². The fourth-order valence-corrected chi connectivity index (χ4v) is 2.51. The highest BCUT2D eigenvalue weighted by atomic mass is 19.1. The van der Waals surface area contributed by atoms with E-state index in [0.717, 1.165) is 0 Å². The van der Waals surface area contributed by atoms with Crippen molar-refractivity contribution >= 4 is 0 Å². The molecule has 2 rings (SSSR count). The number of rotatable bonds is 3. The molecule has 1 atom stereocenters. The number of hydrogen-bond donors (Lipinski definition) is 1. The molecule has 1 saturated carbocycles. The lowest BCUT2D eigenvalue weighted by atomic mass is 9.95. The largest absolute Gasteiger partial charge is 0.311 e. The zero-order valence-electron chi connectivity index (χ0n) is 9.04. The molecule has 2 nitrogen and oxygen atoms in total. The molecular formula is C12H17FN2. The molecule has 0 aromatic carbocycles. The van der Waals surface area contributed by atoms with Gasteiger partial charge in [0.15, 0.2) is 0 Å². The Balaban J connectivity index is 2.22. The van der Waals surface area contributed by atoms with E-state index in [0.29, 0.717) is 11.6 Å².